The first-order chi connectivity index (χ1) is 13.1. The predicted octanol–water partition coefficient (Wildman–Crippen LogP) is 4.60. The lowest BCUT2D eigenvalue weighted by atomic mass is 9.88. The summed E-state index contributed by atoms with van der Waals surface area (Å²) in [7, 11) is 1.59. The van der Waals surface area contributed by atoms with Crippen LogP contribution in [0.15, 0.2) is 54.6 Å². The Labute approximate surface area is 160 Å². The molecule has 2 N–H and O–H groups in total. The zero-order valence-corrected chi connectivity index (χ0v) is 15.4. The van der Waals surface area contributed by atoms with Gasteiger partial charge >= 0.3 is 5.97 Å². The second-order valence-corrected chi connectivity index (χ2v) is 7.32. The molecule has 136 valence electrons. The van der Waals surface area contributed by atoms with E-state index in [1.54, 1.807) is 7.11 Å². The van der Waals surface area contributed by atoms with Gasteiger partial charge in [0.2, 0.25) is 5.91 Å². The number of para-hydroxylation sites is 1. The molecular weight excluding hydrogens is 362 g/mol. The smallest absolute Gasteiger partial charge is 0.346 e. The Bertz CT molecular complexity index is 1030. The summed E-state index contributed by atoms with van der Waals surface area (Å²) in [5.74, 6) is -0.688. The van der Waals surface area contributed by atoms with Gasteiger partial charge in [0, 0.05) is 28.3 Å². The summed E-state index contributed by atoms with van der Waals surface area (Å²) in [6.07, 6.45) is 0.251. The molecule has 2 heterocycles. The number of aromatic carboxylic acids is 1. The van der Waals surface area contributed by atoms with E-state index in [9.17, 15) is 14.7 Å². The molecule has 3 aromatic rings. The van der Waals surface area contributed by atoms with Gasteiger partial charge in [-0.3, -0.25) is 4.79 Å². The first-order valence-corrected chi connectivity index (χ1v) is 9.30. The van der Waals surface area contributed by atoms with Crippen molar-refractivity contribution in [2.24, 2.45) is 0 Å². The van der Waals surface area contributed by atoms with Crippen LogP contribution >= 0.6 is 11.3 Å². The molecule has 0 fully saturated rings. The average molecular weight is 379 g/mol. The number of nitrogens with one attached hydrogen (secondary N) is 1. The minimum atomic E-state index is -0.999. The highest BCUT2D eigenvalue weighted by Crippen LogP contribution is 2.50. The predicted molar refractivity (Wildman–Crippen MR) is 105 cm³/mol. The topological polar surface area (TPSA) is 75.6 Å². The third kappa shape index (κ3) is 2.98. The maximum Gasteiger partial charge on any atom is 0.346 e. The lowest BCUT2D eigenvalue weighted by Crippen LogP contribution is -2.22. The van der Waals surface area contributed by atoms with Gasteiger partial charge in [-0.15, -0.1) is 11.3 Å². The van der Waals surface area contributed by atoms with E-state index in [0.29, 0.717) is 17.0 Å². The number of carbonyl (C=O) groups excluding carboxylic acids is 1. The molecule has 4 rings (SSSR count). The maximum atomic E-state index is 12.5. The van der Waals surface area contributed by atoms with E-state index >= 15 is 0 Å². The average Bonchev–Trinajstić information content (AvgIpc) is 3.07. The Kier molecular flexibility index (Phi) is 4.41. The van der Waals surface area contributed by atoms with E-state index in [0.717, 1.165) is 16.0 Å². The van der Waals surface area contributed by atoms with Gasteiger partial charge < -0.3 is 15.2 Å². The highest BCUT2D eigenvalue weighted by molar-refractivity contribution is 7.15. The molecule has 1 unspecified atom stereocenters. The quantitative estimate of drug-likeness (QED) is 0.695. The van der Waals surface area contributed by atoms with Crippen molar-refractivity contribution < 1.29 is 19.4 Å². The number of rotatable bonds is 4. The van der Waals surface area contributed by atoms with Crippen LogP contribution in [-0.4, -0.2) is 24.1 Å². The number of amides is 1. The third-order valence-corrected chi connectivity index (χ3v) is 5.97. The van der Waals surface area contributed by atoms with E-state index in [-0.39, 0.29) is 23.1 Å². The first kappa shape index (κ1) is 17.3. The number of carboxylic acids is 1. The highest BCUT2D eigenvalue weighted by atomic mass is 32.1. The number of benzene rings is 2. The van der Waals surface area contributed by atoms with E-state index in [2.05, 4.69) is 5.32 Å². The van der Waals surface area contributed by atoms with Crippen LogP contribution in [-0.2, 0) is 4.79 Å². The molecular formula is C21H17NO4S. The Morgan fingerprint density at radius 2 is 1.85 bits per heavy atom. The molecule has 1 aromatic heterocycles. The van der Waals surface area contributed by atoms with Crippen molar-refractivity contribution >= 4 is 28.9 Å². The molecule has 0 saturated heterocycles. The van der Waals surface area contributed by atoms with E-state index in [1.165, 1.54) is 11.3 Å². The van der Waals surface area contributed by atoms with Crippen LogP contribution in [0, 0.1) is 0 Å². The second-order valence-electron chi connectivity index (χ2n) is 6.26. The molecule has 1 aliphatic rings. The molecule has 2 aromatic carbocycles. The number of ether oxygens (including phenoxy) is 1. The largest absolute Gasteiger partial charge is 0.496 e. The number of hydrogen-bond acceptors (Lipinski definition) is 4. The van der Waals surface area contributed by atoms with Crippen molar-refractivity contribution in [1.82, 2.24) is 0 Å². The third-order valence-electron chi connectivity index (χ3n) is 4.68. The van der Waals surface area contributed by atoms with Crippen LogP contribution in [0.1, 0.15) is 32.5 Å². The molecule has 1 aliphatic heterocycles. The minimum absolute atomic E-state index is 0.134. The van der Waals surface area contributed by atoms with Crippen LogP contribution < -0.4 is 10.1 Å². The number of methoxy groups -OCH3 is 1. The van der Waals surface area contributed by atoms with Gasteiger partial charge in [-0.25, -0.2) is 4.79 Å². The Morgan fingerprint density at radius 3 is 2.56 bits per heavy atom. The summed E-state index contributed by atoms with van der Waals surface area (Å²) >= 11 is 1.22. The molecule has 1 amide bonds. The molecule has 0 bridgehead atoms. The van der Waals surface area contributed by atoms with Crippen molar-refractivity contribution in [3.05, 3.63) is 69.9 Å². The van der Waals surface area contributed by atoms with Gasteiger partial charge in [0.25, 0.3) is 0 Å². The van der Waals surface area contributed by atoms with Gasteiger partial charge in [0.1, 0.15) is 10.6 Å². The Hall–Kier alpha value is -3.12. The molecule has 0 spiro atoms. The summed E-state index contributed by atoms with van der Waals surface area (Å²) in [6.45, 7) is 0. The van der Waals surface area contributed by atoms with Crippen LogP contribution in [0.2, 0.25) is 0 Å². The van der Waals surface area contributed by atoms with Crippen molar-refractivity contribution in [2.45, 2.75) is 12.3 Å². The number of carbonyl (C=O) groups is 2. The molecule has 27 heavy (non-hydrogen) atoms. The van der Waals surface area contributed by atoms with E-state index in [1.807, 2.05) is 54.6 Å². The lowest BCUT2D eigenvalue weighted by Gasteiger charge is -2.25. The first-order valence-electron chi connectivity index (χ1n) is 8.48. The van der Waals surface area contributed by atoms with Crippen molar-refractivity contribution in [3.8, 4) is 16.9 Å². The standard InChI is InChI=1S/C21H17NO4S/c1-26-15-10-6-5-9-13(15)14-11-16(23)22-18-17(12-7-3-2-4-8-12)20(21(24)25)27-19(14)18/h2-10,14H,11H2,1H3,(H,22,23)(H,24,25). The zero-order chi connectivity index (χ0) is 19.0. The summed E-state index contributed by atoms with van der Waals surface area (Å²) in [6, 6.07) is 16.8. The van der Waals surface area contributed by atoms with Crippen molar-refractivity contribution in [1.29, 1.82) is 0 Å². The monoisotopic (exact) mass is 379 g/mol. The number of fused-ring (bicyclic) bond motifs is 1. The molecule has 0 saturated carbocycles. The molecule has 0 radical (unpaired) electrons. The SMILES string of the molecule is COc1ccccc1C1CC(=O)Nc2c1sc(C(=O)O)c2-c1ccccc1. The normalized spacial score (nSPS) is 15.7. The van der Waals surface area contributed by atoms with E-state index < -0.39 is 5.97 Å². The fourth-order valence-corrected chi connectivity index (χ4v) is 4.76. The second kappa shape index (κ2) is 6.89. The van der Waals surface area contributed by atoms with Gasteiger partial charge in [0.05, 0.1) is 12.8 Å². The Balaban J connectivity index is 1.96. The van der Waals surface area contributed by atoms with Crippen LogP contribution in [0.25, 0.3) is 11.1 Å². The summed E-state index contributed by atoms with van der Waals surface area (Å²) in [5, 5.41) is 12.7. The lowest BCUT2D eigenvalue weighted by molar-refractivity contribution is -0.116. The minimum Gasteiger partial charge on any atom is -0.496 e. The number of hydrogen-bond donors (Lipinski definition) is 2. The van der Waals surface area contributed by atoms with Gasteiger partial charge in [0.15, 0.2) is 0 Å². The van der Waals surface area contributed by atoms with Crippen LogP contribution in [0.4, 0.5) is 5.69 Å². The van der Waals surface area contributed by atoms with Gasteiger partial charge in [-0.2, -0.15) is 0 Å². The fraction of sp³-hybridized carbons (Fsp3) is 0.143. The molecule has 0 aliphatic carbocycles. The summed E-state index contributed by atoms with van der Waals surface area (Å²) in [5.41, 5.74) is 2.81. The number of anilines is 1. The van der Waals surface area contributed by atoms with E-state index in [4.69, 9.17) is 4.74 Å². The van der Waals surface area contributed by atoms with Crippen molar-refractivity contribution in [2.75, 3.05) is 12.4 Å². The maximum absolute atomic E-state index is 12.5. The van der Waals surface area contributed by atoms with Crippen LogP contribution in [0.5, 0.6) is 5.75 Å². The molecule has 1 atom stereocenters. The zero-order valence-electron chi connectivity index (χ0n) is 14.6. The summed E-state index contributed by atoms with van der Waals surface area (Å²) in [4.78, 5) is 25.5. The molecule has 5 nitrogen and oxygen atoms in total. The summed E-state index contributed by atoms with van der Waals surface area (Å²) < 4.78 is 5.47. The fourth-order valence-electron chi connectivity index (χ4n) is 3.52. The number of thiophene rings is 1. The Morgan fingerprint density at radius 1 is 1.15 bits per heavy atom. The number of carboxylic acid groups (broad SMARTS) is 1. The van der Waals surface area contributed by atoms with Crippen LogP contribution in [0.3, 0.4) is 0 Å². The van der Waals surface area contributed by atoms with Gasteiger partial charge in [-0.1, -0.05) is 48.5 Å². The molecule has 6 heteroatoms. The van der Waals surface area contributed by atoms with Crippen molar-refractivity contribution in [3.63, 3.8) is 0 Å². The highest BCUT2D eigenvalue weighted by Gasteiger charge is 2.35. The van der Waals surface area contributed by atoms with Gasteiger partial charge in [-0.05, 0) is 11.6 Å².